The van der Waals surface area contributed by atoms with Crippen LogP contribution in [0.3, 0.4) is 0 Å². The lowest BCUT2D eigenvalue weighted by molar-refractivity contribution is -0.143. The maximum atomic E-state index is 14.3. The van der Waals surface area contributed by atoms with Crippen LogP contribution in [0.5, 0.6) is 5.75 Å². The Kier molecular flexibility index (Phi) is 24.3. The Morgan fingerprint density at radius 1 is 0.507 bits per heavy atom. The zero-order valence-electron chi connectivity index (χ0n) is 41.3. The molecule has 0 saturated heterocycles. The van der Waals surface area contributed by atoms with Gasteiger partial charge in [0, 0.05) is 6.42 Å². The molecule has 0 aliphatic carbocycles. The second-order valence-corrected chi connectivity index (χ2v) is 19.0. The molecule has 0 spiro atoms. The number of carbonyl (C=O) groups excluding carboxylic acids is 8. The van der Waals surface area contributed by atoms with Crippen molar-refractivity contribution < 1.29 is 53.4 Å². The topological polar surface area (TPSA) is 330 Å². The van der Waals surface area contributed by atoms with Crippen molar-refractivity contribution in [3.8, 4) is 5.75 Å². The highest BCUT2D eigenvalue weighted by Crippen LogP contribution is 2.15. The molecule has 0 fully saturated rings. The van der Waals surface area contributed by atoms with Gasteiger partial charge in [-0.3, -0.25) is 38.4 Å². The number of hydrogen-bond acceptors (Lipinski definition) is 11. The highest BCUT2D eigenvalue weighted by atomic mass is 16.4. The van der Waals surface area contributed by atoms with Crippen molar-refractivity contribution in [2.24, 2.45) is 35.1 Å². The number of amides is 8. The molecule has 2 aromatic carbocycles. The number of hydrogen-bond donors (Lipinski definition) is 11. The first kappa shape index (κ1) is 58.6. The lowest BCUT2D eigenvalue weighted by Crippen LogP contribution is -2.61. The Balaban J connectivity index is 2.36. The fourth-order valence-electron chi connectivity index (χ4n) is 7.26. The van der Waals surface area contributed by atoms with E-state index in [1.54, 1.807) is 34.6 Å². The Labute approximate surface area is 405 Å². The lowest BCUT2D eigenvalue weighted by atomic mass is 9.97. The van der Waals surface area contributed by atoms with Crippen LogP contribution in [0.15, 0.2) is 54.6 Å². The monoisotopic (exact) mass is 966 g/mol. The van der Waals surface area contributed by atoms with Gasteiger partial charge in [0.2, 0.25) is 47.3 Å². The number of carbonyl (C=O) groups is 9. The molecule has 8 amide bonds. The van der Waals surface area contributed by atoms with Gasteiger partial charge in [0.25, 0.3) is 0 Å². The number of aromatic hydroxyl groups is 1. The minimum absolute atomic E-state index is 0.0190. The third-order valence-electron chi connectivity index (χ3n) is 11.2. The van der Waals surface area contributed by atoms with Crippen molar-refractivity contribution in [1.29, 1.82) is 0 Å². The molecule has 0 radical (unpaired) electrons. The first-order chi connectivity index (χ1) is 32.3. The number of benzene rings is 2. The average molecular weight is 966 g/mol. The van der Waals surface area contributed by atoms with E-state index in [1.807, 2.05) is 51.1 Å². The molecule has 0 aliphatic heterocycles. The van der Waals surface area contributed by atoms with E-state index in [0.29, 0.717) is 12.0 Å². The molecule has 0 heterocycles. The molecule has 0 aliphatic rings. The number of rotatable bonds is 29. The molecule has 69 heavy (non-hydrogen) atoms. The summed E-state index contributed by atoms with van der Waals surface area (Å²) in [5.41, 5.74) is 12.9. The number of nitrogens with one attached hydrogen (secondary N) is 7. The standard InChI is InChI=1S/C49H75N9O11/c1-10-29(8)41(58-43(62)34(50)23-31-14-12-11-13-15-31)48(67)52-30(9)42(61)53-35(20-26(2)3)44(63)55-37(24-32-16-18-33(59)19-17-32)46(65)54-36(21-27(4)5)45(64)56-38(25-40(51)60)47(66)57-39(49(68)69)22-28(6)7/h11-19,26-30,34-39,41,59H,10,20-25,50H2,1-9H3,(H2,51,60)(H,52,67)(H,53,61)(H,54,65)(H,55,63)(H,56,64)(H,57,66)(H,58,62)(H,68,69)/t29-,30-,34-,35-,36-,37-,38-,39-,41-/m0/s1. The number of nitrogens with two attached hydrogens (primary N) is 2. The summed E-state index contributed by atoms with van der Waals surface area (Å²) in [6.45, 7) is 15.7. The summed E-state index contributed by atoms with van der Waals surface area (Å²) in [7, 11) is 0. The van der Waals surface area contributed by atoms with Crippen LogP contribution < -0.4 is 48.7 Å². The summed E-state index contributed by atoms with van der Waals surface area (Å²) < 4.78 is 0. The summed E-state index contributed by atoms with van der Waals surface area (Å²) in [6, 6.07) is 4.90. The molecule has 13 N–H and O–H groups in total. The smallest absolute Gasteiger partial charge is 0.326 e. The molecule has 0 aromatic heterocycles. The molecule has 9 atom stereocenters. The first-order valence-electron chi connectivity index (χ1n) is 23.5. The SMILES string of the molecule is CC[C@H](C)[C@H](NC(=O)[C@@H](N)Cc1ccccc1)C(=O)N[C@@H](C)C(=O)N[C@@H](CC(C)C)C(=O)N[C@@H](Cc1ccc(O)cc1)C(=O)N[C@@H](CC(C)C)C(=O)N[C@@H](CC(N)=O)C(=O)N[C@@H](CC(C)C)C(=O)O. The van der Waals surface area contributed by atoms with Gasteiger partial charge in [-0.05, 0) is 79.5 Å². The molecule has 0 bridgehead atoms. The number of phenols is 1. The number of carboxylic acid groups (broad SMARTS) is 1. The molecular weight excluding hydrogens is 891 g/mol. The van der Waals surface area contributed by atoms with Crippen molar-refractivity contribution in [3.05, 3.63) is 65.7 Å². The van der Waals surface area contributed by atoms with Crippen molar-refractivity contribution in [1.82, 2.24) is 37.2 Å². The van der Waals surface area contributed by atoms with E-state index in [-0.39, 0.29) is 61.5 Å². The van der Waals surface area contributed by atoms with E-state index >= 15 is 0 Å². The first-order valence-corrected chi connectivity index (χ1v) is 23.5. The molecule has 0 saturated carbocycles. The summed E-state index contributed by atoms with van der Waals surface area (Å²) >= 11 is 0. The minimum Gasteiger partial charge on any atom is -0.508 e. The van der Waals surface area contributed by atoms with Gasteiger partial charge >= 0.3 is 5.97 Å². The maximum absolute atomic E-state index is 14.3. The third-order valence-corrected chi connectivity index (χ3v) is 11.2. The predicted octanol–water partition coefficient (Wildman–Crippen LogP) is 1.06. The van der Waals surface area contributed by atoms with Gasteiger partial charge in [0.1, 0.15) is 48.0 Å². The van der Waals surface area contributed by atoms with E-state index in [1.165, 1.54) is 31.2 Å². The normalized spacial score (nSPS) is 15.2. The quantitative estimate of drug-likeness (QED) is 0.0546. The second kappa shape index (κ2) is 28.7. The van der Waals surface area contributed by atoms with E-state index < -0.39 is 108 Å². The van der Waals surface area contributed by atoms with E-state index in [9.17, 15) is 53.4 Å². The highest BCUT2D eigenvalue weighted by Gasteiger charge is 2.35. The predicted molar refractivity (Wildman–Crippen MR) is 258 cm³/mol. The van der Waals surface area contributed by atoms with Gasteiger partial charge in [-0.15, -0.1) is 0 Å². The van der Waals surface area contributed by atoms with Crippen LogP contribution in [-0.4, -0.2) is 112 Å². The fourth-order valence-corrected chi connectivity index (χ4v) is 7.26. The van der Waals surface area contributed by atoms with Crippen LogP contribution in [-0.2, 0) is 56.0 Å². The maximum Gasteiger partial charge on any atom is 0.326 e. The number of primary amides is 1. The van der Waals surface area contributed by atoms with Crippen LogP contribution in [0.25, 0.3) is 0 Å². The Hall–Kier alpha value is -6.57. The minimum atomic E-state index is -1.60. The van der Waals surface area contributed by atoms with E-state index in [4.69, 9.17) is 11.5 Å². The molecule has 2 rings (SSSR count). The van der Waals surface area contributed by atoms with Crippen molar-refractivity contribution in [2.75, 3.05) is 0 Å². The lowest BCUT2D eigenvalue weighted by Gasteiger charge is -2.29. The second-order valence-electron chi connectivity index (χ2n) is 19.0. The average Bonchev–Trinajstić information content (AvgIpc) is 3.26. The van der Waals surface area contributed by atoms with Crippen LogP contribution in [0, 0.1) is 23.7 Å². The largest absolute Gasteiger partial charge is 0.508 e. The van der Waals surface area contributed by atoms with Gasteiger partial charge in [-0.25, -0.2) is 4.79 Å². The van der Waals surface area contributed by atoms with Gasteiger partial charge < -0.3 is 58.9 Å². The van der Waals surface area contributed by atoms with Crippen molar-refractivity contribution >= 4 is 53.2 Å². The van der Waals surface area contributed by atoms with Gasteiger partial charge in [-0.1, -0.05) is 104 Å². The molecule has 0 unspecified atom stereocenters. The summed E-state index contributed by atoms with van der Waals surface area (Å²) in [4.78, 5) is 120. The number of phenolic OH excluding ortho intramolecular Hbond substituents is 1. The Morgan fingerprint density at radius 3 is 1.43 bits per heavy atom. The molecule has 382 valence electrons. The molecule has 20 heteroatoms. The molecule has 20 nitrogen and oxygen atoms in total. The van der Waals surface area contributed by atoms with Gasteiger partial charge in [-0.2, -0.15) is 0 Å². The fraction of sp³-hybridized carbons (Fsp3) is 0.571. The zero-order valence-corrected chi connectivity index (χ0v) is 41.3. The summed E-state index contributed by atoms with van der Waals surface area (Å²) in [6.07, 6.45) is 0.0779. The van der Waals surface area contributed by atoms with Crippen LogP contribution in [0.2, 0.25) is 0 Å². The Bertz CT molecular complexity index is 2050. The van der Waals surface area contributed by atoms with Gasteiger partial charge in [0.15, 0.2) is 0 Å². The summed E-state index contributed by atoms with van der Waals surface area (Å²) in [5, 5.41) is 37.8. The van der Waals surface area contributed by atoms with Gasteiger partial charge in [0.05, 0.1) is 12.5 Å². The summed E-state index contributed by atoms with van der Waals surface area (Å²) in [5.74, 6) is -8.62. The van der Waals surface area contributed by atoms with Crippen molar-refractivity contribution in [2.45, 2.75) is 156 Å². The van der Waals surface area contributed by atoms with Crippen LogP contribution in [0.1, 0.15) is 106 Å². The zero-order chi connectivity index (χ0) is 52.1. The number of aliphatic carboxylic acids is 1. The third kappa shape index (κ3) is 21.1. The van der Waals surface area contributed by atoms with Crippen LogP contribution in [0.4, 0.5) is 0 Å². The molecule has 2 aromatic rings. The Morgan fingerprint density at radius 2 is 0.942 bits per heavy atom. The highest BCUT2D eigenvalue weighted by molar-refractivity contribution is 5.98. The van der Waals surface area contributed by atoms with E-state index in [0.717, 1.165) is 5.56 Å². The van der Waals surface area contributed by atoms with E-state index in [2.05, 4.69) is 37.2 Å². The van der Waals surface area contributed by atoms with Crippen molar-refractivity contribution in [3.63, 3.8) is 0 Å². The number of carboxylic acids is 1. The van der Waals surface area contributed by atoms with Crippen LogP contribution >= 0.6 is 0 Å². The molecular formula is C49H75N9O11.